The quantitative estimate of drug-likeness (QED) is 0.401. The number of halogens is 1. The first-order chi connectivity index (χ1) is 18.4. The summed E-state index contributed by atoms with van der Waals surface area (Å²) in [4.78, 5) is 29.5. The van der Waals surface area contributed by atoms with Gasteiger partial charge in [-0.2, -0.15) is 0 Å². The highest BCUT2D eigenvalue weighted by Gasteiger charge is 2.24. The van der Waals surface area contributed by atoms with Gasteiger partial charge in [-0.25, -0.2) is 15.0 Å². The Balaban J connectivity index is 1.23. The van der Waals surface area contributed by atoms with Gasteiger partial charge in [0.1, 0.15) is 17.8 Å². The maximum Gasteiger partial charge on any atom is 0.262 e. The van der Waals surface area contributed by atoms with Crippen molar-refractivity contribution in [3.63, 3.8) is 0 Å². The van der Waals surface area contributed by atoms with Gasteiger partial charge in [0, 0.05) is 50.1 Å². The Labute approximate surface area is 226 Å². The third kappa shape index (κ3) is 5.48. The number of aromatic nitrogens is 3. The Bertz CT molecular complexity index is 1320. The molecule has 0 unspecified atom stereocenters. The van der Waals surface area contributed by atoms with Gasteiger partial charge in [0.15, 0.2) is 11.5 Å². The van der Waals surface area contributed by atoms with Gasteiger partial charge in [0.25, 0.3) is 5.88 Å². The first-order valence-corrected chi connectivity index (χ1v) is 13.0. The standard InChI is InChI=1S/C26H31ClN6O5/c1-16(2)26(34)33-8-6-32(7-9-33)5-4-10-36-21-12-19-17(11-20(21)35-3)24(30-14-29-19)31-22-18(27)13-28-25-23(22)37-15-38-25/h11-14,16H,4-10,15H2,1-3H3,(H,28,29,30,31). The first kappa shape index (κ1) is 26.1. The van der Waals surface area contributed by atoms with E-state index in [-0.39, 0.29) is 18.6 Å². The molecule has 12 heteroatoms. The van der Waals surface area contributed by atoms with Crippen molar-refractivity contribution < 1.29 is 23.7 Å². The number of rotatable bonds is 9. The van der Waals surface area contributed by atoms with Crippen LogP contribution in [0.4, 0.5) is 11.5 Å². The molecule has 38 heavy (non-hydrogen) atoms. The summed E-state index contributed by atoms with van der Waals surface area (Å²) in [6.07, 6.45) is 3.82. The summed E-state index contributed by atoms with van der Waals surface area (Å²) >= 11 is 6.38. The number of ether oxygens (including phenoxy) is 4. The molecule has 11 nitrogen and oxygen atoms in total. The number of hydrogen-bond acceptors (Lipinski definition) is 10. The van der Waals surface area contributed by atoms with E-state index in [9.17, 15) is 4.79 Å². The second-order valence-corrected chi connectivity index (χ2v) is 9.82. The number of anilines is 2. The van der Waals surface area contributed by atoms with Crippen LogP contribution >= 0.6 is 11.6 Å². The Morgan fingerprint density at radius 3 is 2.71 bits per heavy atom. The van der Waals surface area contributed by atoms with Gasteiger partial charge in [0.05, 0.1) is 30.5 Å². The molecule has 202 valence electrons. The van der Waals surface area contributed by atoms with Gasteiger partial charge >= 0.3 is 0 Å². The lowest BCUT2D eigenvalue weighted by atomic mass is 10.1. The summed E-state index contributed by atoms with van der Waals surface area (Å²) < 4.78 is 22.6. The minimum absolute atomic E-state index is 0.0433. The summed E-state index contributed by atoms with van der Waals surface area (Å²) in [5, 5.41) is 4.34. The zero-order valence-corrected chi connectivity index (χ0v) is 22.5. The number of carbonyl (C=O) groups is 1. The van der Waals surface area contributed by atoms with Crippen molar-refractivity contribution >= 4 is 39.9 Å². The number of piperazine rings is 1. The summed E-state index contributed by atoms with van der Waals surface area (Å²) in [6.45, 7) is 8.71. The van der Waals surface area contributed by atoms with E-state index in [1.165, 1.54) is 12.5 Å². The van der Waals surface area contributed by atoms with Crippen LogP contribution in [0.3, 0.4) is 0 Å². The number of pyridine rings is 1. The van der Waals surface area contributed by atoms with Gasteiger partial charge in [-0.3, -0.25) is 9.69 Å². The molecule has 1 aromatic carbocycles. The number of fused-ring (bicyclic) bond motifs is 2. The van der Waals surface area contributed by atoms with Crippen LogP contribution < -0.4 is 24.3 Å². The van der Waals surface area contributed by atoms with E-state index in [0.717, 1.165) is 44.5 Å². The highest BCUT2D eigenvalue weighted by Crippen LogP contribution is 2.44. The zero-order valence-electron chi connectivity index (χ0n) is 21.7. The van der Waals surface area contributed by atoms with E-state index in [4.69, 9.17) is 30.5 Å². The highest BCUT2D eigenvalue weighted by atomic mass is 35.5. The average molecular weight is 543 g/mol. The van der Waals surface area contributed by atoms with E-state index < -0.39 is 0 Å². The molecule has 2 aromatic heterocycles. The lowest BCUT2D eigenvalue weighted by Gasteiger charge is -2.35. The minimum Gasteiger partial charge on any atom is -0.493 e. The Kier molecular flexibility index (Phi) is 7.85. The average Bonchev–Trinajstić information content (AvgIpc) is 3.41. The molecule has 1 saturated heterocycles. The number of methoxy groups -OCH3 is 1. The fourth-order valence-corrected chi connectivity index (χ4v) is 4.71. The Morgan fingerprint density at radius 2 is 1.95 bits per heavy atom. The molecule has 5 rings (SSSR count). The maximum absolute atomic E-state index is 12.2. The molecule has 1 amide bonds. The number of benzene rings is 1. The van der Waals surface area contributed by atoms with E-state index in [2.05, 4.69) is 25.2 Å². The molecule has 0 radical (unpaired) electrons. The monoisotopic (exact) mass is 542 g/mol. The van der Waals surface area contributed by atoms with Crippen LogP contribution in [0.2, 0.25) is 5.02 Å². The largest absolute Gasteiger partial charge is 0.493 e. The van der Waals surface area contributed by atoms with Gasteiger partial charge in [-0.1, -0.05) is 25.4 Å². The molecule has 0 spiro atoms. The maximum atomic E-state index is 12.2. The van der Waals surface area contributed by atoms with Crippen LogP contribution in [0, 0.1) is 5.92 Å². The van der Waals surface area contributed by atoms with Gasteiger partial charge in [-0.15, -0.1) is 0 Å². The van der Waals surface area contributed by atoms with E-state index >= 15 is 0 Å². The number of nitrogens with one attached hydrogen (secondary N) is 1. The van der Waals surface area contributed by atoms with Crippen molar-refractivity contribution in [2.24, 2.45) is 5.92 Å². The molecule has 3 aromatic rings. The SMILES string of the molecule is COc1cc2c(Nc3c(Cl)cnc4c3OCO4)ncnc2cc1OCCCN1CCN(C(=O)C(C)C)CC1. The molecule has 1 fully saturated rings. The molecule has 2 aliphatic heterocycles. The lowest BCUT2D eigenvalue weighted by Crippen LogP contribution is -2.50. The summed E-state index contributed by atoms with van der Waals surface area (Å²) in [5.74, 6) is 2.79. The van der Waals surface area contributed by atoms with Gasteiger partial charge < -0.3 is 29.2 Å². The van der Waals surface area contributed by atoms with Crippen LogP contribution in [0.15, 0.2) is 24.7 Å². The van der Waals surface area contributed by atoms with Crippen molar-refractivity contribution in [3.05, 3.63) is 29.7 Å². The molecule has 0 aliphatic carbocycles. The van der Waals surface area contributed by atoms with Gasteiger partial charge in [0.2, 0.25) is 18.4 Å². The van der Waals surface area contributed by atoms with Crippen molar-refractivity contribution in [2.75, 3.05) is 58.6 Å². The smallest absolute Gasteiger partial charge is 0.262 e. The van der Waals surface area contributed by atoms with Gasteiger partial charge in [-0.05, 0) is 12.5 Å². The molecule has 1 N–H and O–H groups in total. The molecule has 0 bridgehead atoms. The third-order valence-electron chi connectivity index (χ3n) is 6.57. The normalized spacial score (nSPS) is 15.2. The van der Waals surface area contributed by atoms with Crippen molar-refractivity contribution in [1.29, 1.82) is 0 Å². The third-order valence-corrected chi connectivity index (χ3v) is 6.86. The van der Waals surface area contributed by atoms with E-state index in [1.54, 1.807) is 7.11 Å². The Hall–Kier alpha value is -3.57. The van der Waals surface area contributed by atoms with Crippen LogP contribution in [0.5, 0.6) is 23.1 Å². The Morgan fingerprint density at radius 1 is 1.13 bits per heavy atom. The number of carbonyl (C=O) groups excluding carboxylic acids is 1. The van der Waals surface area contributed by atoms with Crippen LogP contribution in [0.1, 0.15) is 20.3 Å². The predicted molar refractivity (Wildman–Crippen MR) is 143 cm³/mol. The van der Waals surface area contributed by atoms with Crippen molar-refractivity contribution in [1.82, 2.24) is 24.8 Å². The van der Waals surface area contributed by atoms with Crippen molar-refractivity contribution in [3.8, 4) is 23.1 Å². The molecule has 0 atom stereocenters. The topological polar surface area (TPSA) is 111 Å². The minimum atomic E-state index is 0.0433. The number of amides is 1. The van der Waals surface area contributed by atoms with Crippen LogP contribution in [-0.4, -0.2) is 83.9 Å². The summed E-state index contributed by atoms with van der Waals surface area (Å²) in [6, 6.07) is 3.68. The molecule has 4 heterocycles. The van der Waals surface area contributed by atoms with Crippen LogP contribution in [-0.2, 0) is 4.79 Å². The molecular weight excluding hydrogens is 512 g/mol. The van der Waals surface area contributed by atoms with E-state index in [1.807, 2.05) is 30.9 Å². The number of nitrogens with zero attached hydrogens (tertiary/aromatic N) is 5. The second-order valence-electron chi connectivity index (χ2n) is 9.41. The predicted octanol–water partition coefficient (Wildman–Crippen LogP) is 3.73. The molecule has 2 aliphatic rings. The van der Waals surface area contributed by atoms with Crippen LogP contribution in [0.25, 0.3) is 10.9 Å². The zero-order chi connectivity index (χ0) is 26.6. The first-order valence-electron chi connectivity index (χ1n) is 12.6. The summed E-state index contributed by atoms with van der Waals surface area (Å²) in [7, 11) is 1.60. The number of hydrogen-bond donors (Lipinski definition) is 1. The second kappa shape index (κ2) is 11.4. The highest BCUT2D eigenvalue weighted by molar-refractivity contribution is 6.33. The van der Waals surface area contributed by atoms with Crippen molar-refractivity contribution in [2.45, 2.75) is 20.3 Å². The lowest BCUT2D eigenvalue weighted by molar-refractivity contribution is -0.136. The van der Waals surface area contributed by atoms with E-state index in [0.29, 0.717) is 51.8 Å². The summed E-state index contributed by atoms with van der Waals surface area (Å²) in [5.41, 5.74) is 1.20. The molecular formula is C26H31ClN6O5. The molecule has 0 saturated carbocycles. The fraction of sp³-hybridized carbons (Fsp3) is 0.462. The fourth-order valence-electron chi connectivity index (χ4n) is 4.53.